The molecule has 11 heavy (non-hydrogen) atoms. The van der Waals surface area contributed by atoms with E-state index in [4.69, 9.17) is 10.8 Å². The normalized spacial score (nSPS) is 9.55. The summed E-state index contributed by atoms with van der Waals surface area (Å²) in [5, 5.41) is 8.63. The summed E-state index contributed by atoms with van der Waals surface area (Å²) in [6, 6.07) is 3.14. The monoisotopic (exact) mass is 152 g/mol. The number of rotatable bonds is 2. The molecular formula is C7H8N2O2+. The highest BCUT2D eigenvalue weighted by Crippen LogP contribution is 1.91. The van der Waals surface area contributed by atoms with Gasteiger partial charge in [-0.2, -0.15) is 4.57 Å². The van der Waals surface area contributed by atoms with Gasteiger partial charge in [-0.05, 0) is 6.07 Å². The first-order valence-electron chi connectivity index (χ1n) is 3.10. The molecule has 4 nitrogen and oxygen atoms in total. The van der Waals surface area contributed by atoms with Crippen LogP contribution in [0.25, 0.3) is 0 Å². The van der Waals surface area contributed by atoms with E-state index in [9.17, 15) is 4.79 Å². The van der Waals surface area contributed by atoms with Crippen LogP contribution in [0.1, 0.15) is 10.4 Å². The molecule has 4 heteroatoms. The Hall–Kier alpha value is -1.42. The average Bonchev–Trinajstić information content (AvgIpc) is 2.05. The lowest BCUT2D eigenvalue weighted by atomic mass is 10.3. The van der Waals surface area contributed by atoms with Crippen LogP contribution in [0.5, 0.6) is 0 Å². The molecule has 0 saturated carbocycles. The summed E-state index contributed by atoms with van der Waals surface area (Å²) >= 11 is 0. The van der Waals surface area contributed by atoms with Crippen molar-refractivity contribution in [3.8, 4) is 0 Å². The van der Waals surface area contributed by atoms with Gasteiger partial charge in [-0.1, -0.05) is 0 Å². The Balaban J connectivity index is 3.01. The third-order valence-corrected chi connectivity index (χ3v) is 1.28. The first kappa shape index (κ1) is 7.68. The molecule has 0 atom stereocenters. The minimum Gasteiger partial charge on any atom is -0.339 e. The zero-order valence-electron chi connectivity index (χ0n) is 5.82. The van der Waals surface area contributed by atoms with Crippen LogP contribution in [0.4, 0.5) is 0 Å². The first-order chi connectivity index (χ1) is 5.24. The number of amides is 1. The molecule has 1 heterocycles. The smallest absolute Gasteiger partial charge is 0.275 e. The molecule has 57 valence electrons. The van der Waals surface area contributed by atoms with E-state index in [2.05, 4.69) is 0 Å². The maximum atomic E-state index is 10.5. The molecule has 2 N–H and O–H groups in total. The van der Waals surface area contributed by atoms with Crippen molar-refractivity contribution in [1.29, 1.82) is 0 Å². The van der Waals surface area contributed by atoms with Crippen molar-refractivity contribution in [2.24, 2.45) is 0 Å². The van der Waals surface area contributed by atoms with E-state index in [1.807, 2.05) is 0 Å². The number of carbonyl (C=O) groups is 1. The summed E-state index contributed by atoms with van der Waals surface area (Å²) in [6.45, 7) is -0.179. The number of hydrogen-bond acceptors (Lipinski definition) is 2. The Labute approximate surface area is 63.9 Å². The number of aliphatic hydroxyl groups excluding tert-OH is 1. The quantitative estimate of drug-likeness (QED) is 0.572. The van der Waals surface area contributed by atoms with E-state index < -0.39 is 5.91 Å². The summed E-state index contributed by atoms with van der Waals surface area (Å²) in [5.41, 5.74) is 7.04. The lowest BCUT2D eigenvalue weighted by Gasteiger charge is -1.91. The van der Waals surface area contributed by atoms with Crippen molar-refractivity contribution < 1.29 is 14.5 Å². The zero-order valence-corrected chi connectivity index (χ0v) is 5.82. The molecule has 1 amide bonds. The van der Waals surface area contributed by atoms with Crippen molar-refractivity contribution >= 4 is 5.91 Å². The maximum absolute atomic E-state index is 10.5. The Morgan fingerprint density at radius 1 is 1.73 bits per heavy atom. The Morgan fingerprint density at radius 2 is 2.45 bits per heavy atom. The predicted molar refractivity (Wildman–Crippen MR) is 36.3 cm³/mol. The number of nitrogens with zero attached hydrogens (tertiary/aromatic N) is 1. The van der Waals surface area contributed by atoms with E-state index in [1.165, 1.54) is 16.8 Å². The Bertz CT molecular complexity index is 273. The van der Waals surface area contributed by atoms with Crippen molar-refractivity contribution in [3.63, 3.8) is 0 Å². The van der Waals surface area contributed by atoms with Gasteiger partial charge >= 0.3 is 0 Å². The second kappa shape index (κ2) is 3.12. The van der Waals surface area contributed by atoms with E-state index in [-0.39, 0.29) is 12.3 Å². The van der Waals surface area contributed by atoms with Gasteiger partial charge in [0.05, 0.1) is 0 Å². The summed E-state index contributed by atoms with van der Waals surface area (Å²) in [5.74, 6) is -0.743. The van der Waals surface area contributed by atoms with Crippen LogP contribution < -0.4 is 10.3 Å². The second-order valence-electron chi connectivity index (χ2n) is 2.08. The molecule has 0 bridgehead atoms. The van der Waals surface area contributed by atoms with Gasteiger partial charge in [0.2, 0.25) is 6.73 Å². The summed E-state index contributed by atoms with van der Waals surface area (Å²) in [4.78, 5) is 10.5. The second-order valence-corrected chi connectivity index (χ2v) is 2.08. The summed E-state index contributed by atoms with van der Waals surface area (Å²) in [6.07, 6.45) is 3.04. The fraction of sp³-hybridized carbons (Fsp3) is 0.143. The Morgan fingerprint density at radius 3 is 3.00 bits per heavy atom. The standard InChI is InChI=1S/C7H8N2O2/c8-7(11)6-2-1-3-9(4-6)5-10/h1-4,8,10H,5H2/q+1. The van der Waals surface area contributed by atoms with Crippen LogP contribution in [0.2, 0.25) is 0 Å². The van der Waals surface area contributed by atoms with Gasteiger partial charge in [0.1, 0.15) is 5.56 Å². The molecule has 1 aromatic heterocycles. The highest BCUT2D eigenvalue weighted by atomic mass is 16.3. The van der Waals surface area contributed by atoms with Crippen molar-refractivity contribution in [2.45, 2.75) is 6.73 Å². The van der Waals surface area contributed by atoms with Crippen molar-refractivity contribution in [2.75, 3.05) is 0 Å². The molecule has 1 radical (unpaired) electrons. The fourth-order valence-corrected chi connectivity index (χ4v) is 0.744. The first-order valence-corrected chi connectivity index (χ1v) is 3.10. The number of aromatic nitrogens is 1. The molecule has 1 aromatic rings. The molecule has 0 aliphatic rings. The molecular weight excluding hydrogens is 144 g/mol. The molecule has 0 aromatic carbocycles. The molecule has 0 unspecified atom stereocenters. The van der Waals surface area contributed by atoms with Gasteiger partial charge in [-0.3, -0.25) is 10.5 Å². The zero-order chi connectivity index (χ0) is 8.27. The fourth-order valence-electron chi connectivity index (χ4n) is 0.744. The molecule has 0 aliphatic heterocycles. The third-order valence-electron chi connectivity index (χ3n) is 1.28. The number of hydrogen-bond donors (Lipinski definition) is 1. The molecule has 0 spiro atoms. The molecule has 0 fully saturated rings. The van der Waals surface area contributed by atoms with Crippen LogP contribution in [-0.4, -0.2) is 11.0 Å². The largest absolute Gasteiger partial charge is 0.339 e. The number of nitrogens with one attached hydrogen (secondary N) is 1. The number of aliphatic hydroxyl groups is 1. The van der Waals surface area contributed by atoms with Gasteiger partial charge in [-0.25, -0.2) is 0 Å². The topological polar surface area (TPSA) is 65.0 Å². The highest BCUT2D eigenvalue weighted by molar-refractivity contribution is 5.91. The van der Waals surface area contributed by atoms with Gasteiger partial charge in [0.15, 0.2) is 12.4 Å². The van der Waals surface area contributed by atoms with E-state index in [0.717, 1.165) is 0 Å². The minimum atomic E-state index is -0.743. The lowest BCUT2D eigenvalue weighted by Crippen LogP contribution is -2.33. The molecule has 0 aliphatic carbocycles. The summed E-state index contributed by atoms with van der Waals surface area (Å²) in [7, 11) is 0. The maximum Gasteiger partial charge on any atom is 0.275 e. The molecule has 1 rings (SSSR count). The highest BCUT2D eigenvalue weighted by Gasteiger charge is 2.05. The van der Waals surface area contributed by atoms with E-state index >= 15 is 0 Å². The predicted octanol–water partition coefficient (Wildman–Crippen LogP) is -0.653. The van der Waals surface area contributed by atoms with Crippen LogP contribution in [0.15, 0.2) is 24.5 Å². The van der Waals surface area contributed by atoms with Gasteiger partial charge in [0.25, 0.3) is 5.91 Å². The van der Waals surface area contributed by atoms with Gasteiger partial charge < -0.3 is 5.11 Å². The van der Waals surface area contributed by atoms with Crippen molar-refractivity contribution in [1.82, 2.24) is 5.73 Å². The SMILES string of the molecule is [NH]C(=O)c1ccc[n+](CO)c1. The third kappa shape index (κ3) is 1.75. The average molecular weight is 152 g/mol. The van der Waals surface area contributed by atoms with Crippen LogP contribution in [0.3, 0.4) is 0 Å². The van der Waals surface area contributed by atoms with E-state index in [0.29, 0.717) is 0 Å². The molecule has 0 saturated heterocycles. The summed E-state index contributed by atoms with van der Waals surface area (Å²) < 4.78 is 1.42. The Kier molecular flexibility index (Phi) is 2.18. The van der Waals surface area contributed by atoms with Crippen LogP contribution in [0, 0.1) is 0 Å². The number of pyridine rings is 1. The van der Waals surface area contributed by atoms with Gasteiger partial charge in [-0.15, -0.1) is 0 Å². The number of carbonyl (C=O) groups excluding carboxylic acids is 1. The van der Waals surface area contributed by atoms with Crippen LogP contribution in [-0.2, 0) is 6.73 Å². The van der Waals surface area contributed by atoms with Crippen molar-refractivity contribution in [3.05, 3.63) is 30.1 Å². The minimum absolute atomic E-state index is 0.179. The van der Waals surface area contributed by atoms with E-state index in [1.54, 1.807) is 12.3 Å². The van der Waals surface area contributed by atoms with Gasteiger partial charge in [0, 0.05) is 6.07 Å². The van der Waals surface area contributed by atoms with Crippen LogP contribution >= 0.6 is 0 Å². The lowest BCUT2D eigenvalue weighted by molar-refractivity contribution is -0.730.